The number of benzene rings is 1. The van der Waals surface area contributed by atoms with Crippen molar-refractivity contribution in [3.63, 3.8) is 0 Å². The van der Waals surface area contributed by atoms with Crippen molar-refractivity contribution >= 4 is 34.8 Å². The predicted molar refractivity (Wildman–Crippen MR) is 95.5 cm³/mol. The molecule has 0 aliphatic carbocycles. The Kier molecular flexibility index (Phi) is 4.97. The summed E-state index contributed by atoms with van der Waals surface area (Å²) in [5, 5.41) is 10.3. The Labute approximate surface area is 150 Å². The van der Waals surface area contributed by atoms with Crippen molar-refractivity contribution in [2.75, 3.05) is 26.2 Å². The highest BCUT2D eigenvalue weighted by molar-refractivity contribution is 6.35. The van der Waals surface area contributed by atoms with Crippen molar-refractivity contribution in [2.24, 2.45) is 16.6 Å². The van der Waals surface area contributed by atoms with Gasteiger partial charge in [-0.25, -0.2) is 0 Å². The highest BCUT2D eigenvalue weighted by Gasteiger charge is 2.42. The van der Waals surface area contributed by atoms with Gasteiger partial charge in [0.15, 0.2) is 0 Å². The molecular weight excluding hydrogens is 349 g/mol. The number of aliphatic imine (C=N–C) groups is 1. The first-order chi connectivity index (χ1) is 11.5. The van der Waals surface area contributed by atoms with E-state index in [1.165, 1.54) is 0 Å². The highest BCUT2D eigenvalue weighted by Crippen LogP contribution is 2.44. The Morgan fingerprint density at radius 3 is 2.79 bits per heavy atom. The molecule has 1 aromatic rings. The molecule has 0 bridgehead atoms. The van der Waals surface area contributed by atoms with Crippen LogP contribution in [0.1, 0.15) is 18.4 Å². The Hall–Kier alpha value is -1.40. The summed E-state index contributed by atoms with van der Waals surface area (Å²) >= 11 is 12.4. The molecule has 1 aromatic carbocycles. The lowest BCUT2D eigenvalue weighted by Gasteiger charge is -2.31. The molecule has 3 rings (SSSR count). The number of hydrogen-bond donors (Lipinski definition) is 2. The average Bonchev–Trinajstić information content (AvgIpc) is 2.83. The standard InChI is InChI=1S/C17H19Cl2N3O2/c1-9-12(7-20)15(11-3-2-10(18)6-14(11)19)13-8-22(4-5-23)17(24)16(13)21-9/h2-3,6,12,15,23H,4-5,7-8,20H2,1H3. The predicted octanol–water partition coefficient (Wildman–Crippen LogP) is 2.22. The van der Waals surface area contributed by atoms with Gasteiger partial charge in [0.2, 0.25) is 0 Å². The van der Waals surface area contributed by atoms with Crippen LogP contribution in [0.5, 0.6) is 0 Å². The van der Waals surface area contributed by atoms with Gasteiger partial charge < -0.3 is 15.7 Å². The summed E-state index contributed by atoms with van der Waals surface area (Å²) < 4.78 is 0. The molecule has 0 spiro atoms. The van der Waals surface area contributed by atoms with Crippen LogP contribution in [0.25, 0.3) is 0 Å². The van der Waals surface area contributed by atoms with E-state index in [9.17, 15) is 9.90 Å². The van der Waals surface area contributed by atoms with Gasteiger partial charge in [0.25, 0.3) is 5.91 Å². The molecule has 2 unspecified atom stereocenters. The van der Waals surface area contributed by atoms with Crippen LogP contribution < -0.4 is 5.73 Å². The van der Waals surface area contributed by atoms with Gasteiger partial charge in [0.1, 0.15) is 5.70 Å². The molecule has 0 saturated heterocycles. The fraction of sp³-hybridized carbons (Fsp3) is 0.412. The minimum atomic E-state index is -0.149. The summed E-state index contributed by atoms with van der Waals surface area (Å²) in [6, 6.07) is 5.38. The first-order valence-corrected chi connectivity index (χ1v) is 8.56. The number of amides is 1. The second kappa shape index (κ2) is 6.84. The maximum atomic E-state index is 12.6. The number of nitrogens with zero attached hydrogens (tertiary/aromatic N) is 2. The summed E-state index contributed by atoms with van der Waals surface area (Å²) in [6.07, 6.45) is 0. The van der Waals surface area contributed by atoms with E-state index >= 15 is 0 Å². The van der Waals surface area contributed by atoms with Gasteiger partial charge in [-0.3, -0.25) is 9.79 Å². The minimum Gasteiger partial charge on any atom is -0.395 e. The summed E-state index contributed by atoms with van der Waals surface area (Å²) in [4.78, 5) is 18.7. The number of halogens is 2. The average molecular weight is 368 g/mol. The van der Waals surface area contributed by atoms with E-state index in [4.69, 9.17) is 28.9 Å². The lowest BCUT2D eigenvalue weighted by atomic mass is 9.76. The van der Waals surface area contributed by atoms with Crippen LogP contribution in [0, 0.1) is 5.92 Å². The van der Waals surface area contributed by atoms with Gasteiger partial charge in [0.05, 0.1) is 6.61 Å². The molecule has 7 heteroatoms. The zero-order valence-electron chi connectivity index (χ0n) is 13.3. The molecule has 2 atom stereocenters. The van der Waals surface area contributed by atoms with E-state index < -0.39 is 0 Å². The van der Waals surface area contributed by atoms with Gasteiger partial charge in [-0.05, 0) is 30.2 Å². The summed E-state index contributed by atoms with van der Waals surface area (Å²) in [6.45, 7) is 2.94. The Bertz CT molecular complexity index is 745. The van der Waals surface area contributed by atoms with Gasteiger partial charge in [-0.2, -0.15) is 0 Å². The van der Waals surface area contributed by atoms with Crippen molar-refractivity contribution in [1.29, 1.82) is 0 Å². The molecule has 2 aliphatic rings. The van der Waals surface area contributed by atoms with Crippen molar-refractivity contribution in [1.82, 2.24) is 4.90 Å². The topological polar surface area (TPSA) is 78.9 Å². The normalized spacial score (nSPS) is 23.6. The number of carbonyl (C=O) groups is 1. The summed E-state index contributed by atoms with van der Waals surface area (Å²) in [5.41, 5.74) is 9.10. The number of hydrogen-bond acceptors (Lipinski definition) is 4. The van der Waals surface area contributed by atoms with Crippen LogP contribution in [0.2, 0.25) is 10.0 Å². The third-order valence-electron chi connectivity index (χ3n) is 4.68. The van der Waals surface area contributed by atoms with E-state index in [-0.39, 0.29) is 30.9 Å². The molecule has 3 N–H and O–H groups in total. The van der Waals surface area contributed by atoms with Crippen LogP contribution in [0.3, 0.4) is 0 Å². The Morgan fingerprint density at radius 1 is 1.42 bits per heavy atom. The van der Waals surface area contributed by atoms with E-state index in [1.807, 2.05) is 13.0 Å². The fourth-order valence-electron chi connectivity index (χ4n) is 3.51. The molecule has 0 saturated carbocycles. The molecule has 0 aromatic heterocycles. The van der Waals surface area contributed by atoms with E-state index in [1.54, 1.807) is 17.0 Å². The second-order valence-corrected chi connectivity index (χ2v) is 6.91. The van der Waals surface area contributed by atoms with Crippen molar-refractivity contribution in [3.05, 3.63) is 45.1 Å². The van der Waals surface area contributed by atoms with Crippen molar-refractivity contribution < 1.29 is 9.90 Å². The zero-order chi connectivity index (χ0) is 17.4. The van der Waals surface area contributed by atoms with Crippen LogP contribution in [-0.2, 0) is 4.79 Å². The lowest BCUT2D eigenvalue weighted by molar-refractivity contribution is -0.125. The van der Waals surface area contributed by atoms with Crippen molar-refractivity contribution in [3.8, 4) is 0 Å². The quantitative estimate of drug-likeness (QED) is 0.855. The number of β-amino-alcohol motifs (C(OH)–C–C–N with tert-alkyl or cyclic N) is 1. The highest BCUT2D eigenvalue weighted by atomic mass is 35.5. The smallest absolute Gasteiger partial charge is 0.272 e. The molecule has 0 radical (unpaired) electrons. The van der Waals surface area contributed by atoms with E-state index in [0.717, 1.165) is 16.8 Å². The van der Waals surface area contributed by atoms with E-state index in [0.29, 0.717) is 28.8 Å². The number of nitrogens with two attached hydrogens (primary N) is 1. The molecule has 1 amide bonds. The van der Waals surface area contributed by atoms with Gasteiger partial charge in [-0.15, -0.1) is 0 Å². The van der Waals surface area contributed by atoms with Crippen LogP contribution >= 0.6 is 23.2 Å². The van der Waals surface area contributed by atoms with Gasteiger partial charge in [-0.1, -0.05) is 29.3 Å². The Balaban J connectivity index is 2.10. The van der Waals surface area contributed by atoms with Crippen LogP contribution in [0.15, 0.2) is 34.5 Å². The molecule has 24 heavy (non-hydrogen) atoms. The molecule has 0 fully saturated rings. The first-order valence-electron chi connectivity index (χ1n) is 7.81. The number of carbonyl (C=O) groups excluding carboxylic acids is 1. The number of aliphatic hydroxyl groups excluding tert-OH is 1. The maximum Gasteiger partial charge on any atom is 0.272 e. The maximum absolute atomic E-state index is 12.6. The number of aliphatic hydroxyl groups is 1. The fourth-order valence-corrected chi connectivity index (χ4v) is 4.04. The largest absolute Gasteiger partial charge is 0.395 e. The van der Waals surface area contributed by atoms with Gasteiger partial charge in [0, 0.05) is 47.2 Å². The summed E-state index contributed by atoms with van der Waals surface area (Å²) in [5.74, 6) is -0.284. The number of rotatable bonds is 4. The molecule has 2 heterocycles. The molecule has 2 aliphatic heterocycles. The van der Waals surface area contributed by atoms with Crippen LogP contribution in [0.4, 0.5) is 0 Å². The Morgan fingerprint density at radius 2 is 2.17 bits per heavy atom. The SMILES string of the molecule is CC1=NC2=C(CN(CCO)C2=O)C(c2ccc(Cl)cc2Cl)C1CN. The van der Waals surface area contributed by atoms with Crippen LogP contribution in [-0.4, -0.2) is 47.9 Å². The molecule has 128 valence electrons. The third-order valence-corrected chi connectivity index (χ3v) is 5.24. The second-order valence-electron chi connectivity index (χ2n) is 6.06. The van der Waals surface area contributed by atoms with Crippen molar-refractivity contribution in [2.45, 2.75) is 12.8 Å². The monoisotopic (exact) mass is 367 g/mol. The lowest BCUT2D eigenvalue weighted by Crippen LogP contribution is -2.33. The zero-order valence-corrected chi connectivity index (χ0v) is 14.8. The van der Waals surface area contributed by atoms with E-state index in [2.05, 4.69) is 4.99 Å². The summed E-state index contributed by atoms with van der Waals surface area (Å²) in [7, 11) is 0. The third kappa shape index (κ3) is 2.86. The molecular formula is C17H19Cl2N3O2. The minimum absolute atomic E-state index is 0.0238. The molecule has 5 nitrogen and oxygen atoms in total. The first kappa shape index (κ1) is 17.4. The van der Waals surface area contributed by atoms with Gasteiger partial charge >= 0.3 is 0 Å².